The minimum Gasteiger partial charge on any atom is -0.497 e. The van der Waals surface area contributed by atoms with Gasteiger partial charge in [-0.25, -0.2) is 9.97 Å². The first-order chi connectivity index (χ1) is 10.7. The van der Waals surface area contributed by atoms with Gasteiger partial charge in [-0.15, -0.1) is 11.3 Å². The average Bonchev–Trinajstić information content (AvgIpc) is 2.97. The molecule has 0 aliphatic carbocycles. The van der Waals surface area contributed by atoms with Gasteiger partial charge in [0.1, 0.15) is 10.8 Å². The van der Waals surface area contributed by atoms with Gasteiger partial charge in [0.2, 0.25) is 0 Å². The Morgan fingerprint density at radius 2 is 1.77 bits per heavy atom. The highest BCUT2D eigenvalue weighted by Gasteiger charge is 2.09. The van der Waals surface area contributed by atoms with Crippen LogP contribution in [0.2, 0.25) is 0 Å². The van der Waals surface area contributed by atoms with Crippen LogP contribution in [0.1, 0.15) is 5.56 Å². The third kappa shape index (κ3) is 2.22. The summed E-state index contributed by atoms with van der Waals surface area (Å²) in [6.45, 7) is 2.09. The van der Waals surface area contributed by atoms with Gasteiger partial charge >= 0.3 is 0 Å². The van der Waals surface area contributed by atoms with E-state index in [1.807, 2.05) is 24.3 Å². The number of pyridine rings is 1. The van der Waals surface area contributed by atoms with Crippen LogP contribution in [0.15, 0.2) is 48.5 Å². The quantitative estimate of drug-likeness (QED) is 0.532. The maximum absolute atomic E-state index is 5.27. The normalized spacial score (nSPS) is 11.2. The summed E-state index contributed by atoms with van der Waals surface area (Å²) in [5.74, 6) is 0.852. The Balaban J connectivity index is 1.85. The van der Waals surface area contributed by atoms with Crippen molar-refractivity contribution in [1.29, 1.82) is 0 Å². The Morgan fingerprint density at radius 3 is 2.64 bits per heavy atom. The van der Waals surface area contributed by atoms with Crippen molar-refractivity contribution >= 4 is 32.5 Å². The number of ether oxygens (including phenoxy) is 1. The summed E-state index contributed by atoms with van der Waals surface area (Å²) in [6, 6.07) is 16.4. The molecule has 0 radical (unpaired) electrons. The lowest BCUT2D eigenvalue weighted by Crippen LogP contribution is -1.85. The Labute approximate surface area is 132 Å². The number of methoxy groups -OCH3 is 1. The van der Waals surface area contributed by atoms with E-state index in [-0.39, 0.29) is 0 Å². The summed E-state index contributed by atoms with van der Waals surface area (Å²) in [7, 11) is 1.68. The van der Waals surface area contributed by atoms with Gasteiger partial charge in [0, 0.05) is 5.39 Å². The molecule has 4 aromatic rings. The maximum atomic E-state index is 5.27. The Bertz CT molecular complexity index is 991. The number of aryl methyl sites for hydroxylation is 1. The molecule has 4 rings (SSSR count). The van der Waals surface area contributed by atoms with Crippen molar-refractivity contribution < 1.29 is 4.74 Å². The Hall–Kier alpha value is -2.46. The number of aromatic nitrogens is 2. The third-order valence-electron chi connectivity index (χ3n) is 3.66. The zero-order chi connectivity index (χ0) is 15.1. The fourth-order valence-electron chi connectivity index (χ4n) is 2.51. The van der Waals surface area contributed by atoms with Crippen LogP contribution < -0.4 is 4.74 Å². The van der Waals surface area contributed by atoms with Crippen LogP contribution in [-0.2, 0) is 0 Å². The molecule has 4 heteroatoms. The van der Waals surface area contributed by atoms with E-state index in [0.29, 0.717) is 0 Å². The van der Waals surface area contributed by atoms with Gasteiger partial charge in [0.05, 0.1) is 28.5 Å². The first-order valence-electron chi connectivity index (χ1n) is 7.05. The number of fused-ring (bicyclic) bond motifs is 2. The monoisotopic (exact) mass is 306 g/mol. The molecule has 108 valence electrons. The molecule has 0 fully saturated rings. The molecule has 0 N–H and O–H groups in total. The molecule has 22 heavy (non-hydrogen) atoms. The predicted molar refractivity (Wildman–Crippen MR) is 91.6 cm³/mol. The van der Waals surface area contributed by atoms with Gasteiger partial charge < -0.3 is 4.74 Å². The van der Waals surface area contributed by atoms with Crippen molar-refractivity contribution in [3.05, 3.63) is 54.1 Å². The molecule has 0 aliphatic rings. The van der Waals surface area contributed by atoms with Crippen LogP contribution in [0, 0.1) is 6.92 Å². The number of hydrogen-bond donors (Lipinski definition) is 0. The topological polar surface area (TPSA) is 35.0 Å². The number of hydrogen-bond acceptors (Lipinski definition) is 4. The highest BCUT2D eigenvalue weighted by Crippen LogP contribution is 2.32. The van der Waals surface area contributed by atoms with Crippen LogP contribution in [0.4, 0.5) is 0 Å². The van der Waals surface area contributed by atoms with E-state index < -0.39 is 0 Å². The number of thiazole rings is 1. The molecule has 0 aliphatic heterocycles. The smallest absolute Gasteiger partial charge is 0.143 e. The van der Waals surface area contributed by atoms with E-state index >= 15 is 0 Å². The van der Waals surface area contributed by atoms with Crippen molar-refractivity contribution in [2.24, 2.45) is 0 Å². The van der Waals surface area contributed by atoms with E-state index in [1.165, 1.54) is 5.56 Å². The summed E-state index contributed by atoms with van der Waals surface area (Å²) >= 11 is 1.64. The number of nitrogens with zero attached hydrogens (tertiary/aromatic N) is 2. The van der Waals surface area contributed by atoms with Gasteiger partial charge in [-0.05, 0) is 43.3 Å². The van der Waals surface area contributed by atoms with E-state index in [0.717, 1.165) is 37.6 Å². The second-order valence-electron chi connectivity index (χ2n) is 5.25. The van der Waals surface area contributed by atoms with Gasteiger partial charge in [-0.1, -0.05) is 17.7 Å². The summed E-state index contributed by atoms with van der Waals surface area (Å²) in [5, 5.41) is 2.09. The van der Waals surface area contributed by atoms with Gasteiger partial charge in [-0.3, -0.25) is 0 Å². The van der Waals surface area contributed by atoms with Gasteiger partial charge in [0.15, 0.2) is 0 Å². The number of rotatable bonds is 2. The molecular formula is C18H14N2OS. The lowest BCUT2D eigenvalue weighted by molar-refractivity contribution is 0.415. The first kappa shape index (κ1) is 13.2. The maximum Gasteiger partial charge on any atom is 0.143 e. The average molecular weight is 306 g/mol. The number of benzene rings is 2. The highest BCUT2D eigenvalue weighted by atomic mass is 32.1. The molecule has 0 spiro atoms. The molecule has 0 saturated heterocycles. The van der Waals surface area contributed by atoms with Crippen molar-refractivity contribution in [2.75, 3.05) is 7.11 Å². The van der Waals surface area contributed by atoms with E-state index in [4.69, 9.17) is 9.72 Å². The standard InChI is InChI=1S/C18H14N2OS/c1-11-3-6-14-12(9-11)4-7-16(19-14)18-20-15-8-5-13(21-2)10-17(15)22-18/h3-10H,1-2H3. The van der Waals surface area contributed by atoms with E-state index in [9.17, 15) is 0 Å². The fourth-order valence-corrected chi connectivity index (χ4v) is 3.47. The molecule has 0 unspecified atom stereocenters. The second-order valence-corrected chi connectivity index (χ2v) is 6.28. The summed E-state index contributed by atoms with van der Waals surface area (Å²) < 4.78 is 6.38. The third-order valence-corrected chi connectivity index (χ3v) is 4.70. The summed E-state index contributed by atoms with van der Waals surface area (Å²) in [6.07, 6.45) is 0. The molecule has 2 aromatic heterocycles. The summed E-state index contributed by atoms with van der Waals surface area (Å²) in [5.41, 5.74) is 4.14. The molecule has 2 heterocycles. The van der Waals surface area contributed by atoms with Gasteiger partial charge in [0.25, 0.3) is 0 Å². The van der Waals surface area contributed by atoms with Crippen LogP contribution in [0.25, 0.3) is 31.8 Å². The van der Waals surface area contributed by atoms with Crippen molar-refractivity contribution in [1.82, 2.24) is 9.97 Å². The SMILES string of the molecule is COc1ccc2nc(-c3ccc4cc(C)ccc4n3)sc2c1. The van der Waals surface area contributed by atoms with Crippen LogP contribution in [0.3, 0.4) is 0 Å². The predicted octanol–water partition coefficient (Wildman–Crippen LogP) is 4.83. The zero-order valence-electron chi connectivity index (χ0n) is 12.3. The van der Waals surface area contributed by atoms with Crippen LogP contribution in [-0.4, -0.2) is 17.1 Å². The molecule has 0 bridgehead atoms. The fraction of sp³-hybridized carbons (Fsp3) is 0.111. The van der Waals surface area contributed by atoms with Crippen molar-refractivity contribution in [2.45, 2.75) is 6.92 Å². The van der Waals surface area contributed by atoms with E-state index in [1.54, 1.807) is 18.4 Å². The Morgan fingerprint density at radius 1 is 0.909 bits per heavy atom. The molecule has 0 atom stereocenters. The highest BCUT2D eigenvalue weighted by molar-refractivity contribution is 7.21. The Kier molecular flexibility index (Phi) is 3.05. The lowest BCUT2D eigenvalue weighted by Gasteiger charge is -2.01. The molecule has 0 saturated carbocycles. The first-order valence-corrected chi connectivity index (χ1v) is 7.87. The van der Waals surface area contributed by atoms with Crippen LogP contribution >= 0.6 is 11.3 Å². The minimum atomic E-state index is 0.852. The minimum absolute atomic E-state index is 0.852. The molecular weight excluding hydrogens is 292 g/mol. The van der Waals surface area contributed by atoms with Crippen molar-refractivity contribution in [3.8, 4) is 16.5 Å². The molecule has 2 aromatic carbocycles. The largest absolute Gasteiger partial charge is 0.497 e. The van der Waals surface area contributed by atoms with Crippen LogP contribution in [0.5, 0.6) is 5.75 Å². The molecule has 0 amide bonds. The second kappa shape index (κ2) is 5.07. The summed E-state index contributed by atoms with van der Waals surface area (Å²) in [4.78, 5) is 9.42. The van der Waals surface area contributed by atoms with E-state index in [2.05, 4.69) is 36.2 Å². The molecule has 3 nitrogen and oxygen atoms in total. The van der Waals surface area contributed by atoms with Crippen molar-refractivity contribution in [3.63, 3.8) is 0 Å². The zero-order valence-corrected chi connectivity index (χ0v) is 13.1. The lowest BCUT2D eigenvalue weighted by atomic mass is 10.1. The van der Waals surface area contributed by atoms with Gasteiger partial charge in [-0.2, -0.15) is 0 Å².